The van der Waals surface area contributed by atoms with Gasteiger partial charge in [-0.25, -0.2) is 8.78 Å². The topological polar surface area (TPSA) is 80.1 Å². The molecule has 1 aromatic heterocycles. The molecule has 1 N–H and O–H groups in total. The second kappa shape index (κ2) is 6.96. The van der Waals surface area contributed by atoms with Gasteiger partial charge in [0.15, 0.2) is 5.82 Å². The Labute approximate surface area is 142 Å². The Hall–Kier alpha value is -2.84. The van der Waals surface area contributed by atoms with E-state index in [0.29, 0.717) is 18.4 Å². The molecule has 9 heteroatoms. The van der Waals surface area contributed by atoms with Crippen LogP contribution in [0, 0.1) is 17.6 Å². The summed E-state index contributed by atoms with van der Waals surface area (Å²) in [5.41, 5.74) is -0.0209. The molecule has 25 heavy (non-hydrogen) atoms. The Morgan fingerprint density at radius 2 is 2.20 bits per heavy atom. The van der Waals surface area contributed by atoms with Gasteiger partial charge in [0, 0.05) is 25.6 Å². The van der Waals surface area contributed by atoms with Crippen LogP contribution in [0.2, 0.25) is 0 Å². The molecule has 3 rings (SSSR count). The minimum Gasteiger partial charge on any atom is -0.348 e. The maximum absolute atomic E-state index is 13.9. The van der Waals surface area contributed by atoms with Crippen molar-refractivity contribution in [3.63, 3.8) is 0 Å². The van der Waals surface area contributed by atoms with Gasteiger partial charge < -0.3 is 14.8 Å². The highest BCUT2D eigenvalue weighted by Crippen LogP contribution is 2.28. The number of aromatic nitrogens is 3. The van der Waals surface area contributed by atoms with Crippen LogP contribution in [0.3, 0.4) is 0 Å². The van der Waals surface area contributed by atoms with Crippen molar-refractivity contribution in [2.24, 2.45) is 5.92 Å². The molecule has 0 unspecified atom stereocenters. The zero-order valence-corrected chi connectivity index (χ0v) is 13.6. The first-order chi connectivity index (χ1) is 12.0. The van der Waals surface area contributed by atoms with Crippen LogP contribution in [0.25, 0.3) is 0 Å². The van der Waals surface area contributed by atoms with Crippen molar-refractivity contribution in [2.45, 2.75) is 26.4 Å². The molecule has 132 valence electrons. The second-order valence-electron chi connectivity index (χ2n) is 5.75. The van der Waals surface area contributed by atoms with Gasteiger partial charge in [0.05, 0.1) is 18.2 Å². The summed E-state index contributed by atoms with van der Waals surface area (Å²) in [4.78, 5) is 25.6. The minimum atomic E-state index is -0.828. The third kappa shape index (κ3) is 3.49. The average Bonchev–Trinajstić information content (AvgIpc) is 3.19. The molecule has 0 aliphatic carbocycles. The molecular weight excluding hydrogens is 332 g/mol. The number of amides is 2. The van der Waals surface area contributed by atoms with Crippen molar-refractivity contribution in [2.75, 3.05) is 11.4 Å². The number of rotatable bonds is 5. The lowest BCUT2D eigenvalue weighted by Crippen LogP contribution is -2.33. The monoisotopic (exact) mass is 349 g/mol. The Bertz CT molecular complexity index is 808. The van der Waals surface area contributed by atoms with E-state index in [0.717, 1.165) is 6.07 Å². The molecule has 0 saturated carbocycles. The highest BCUT2D eigenvalue weighted by atomic mass is 19.1. The van der Waals surface area contributed by atoms with Gasteiger partial charge in [-0.1, -0.05) is 0 Å². The molecule has 1 aromatic carbocycles. The van der Waals surface area contributed by atoms with Crippen LogP contribution < -0.4 is 10.2 Å². The Kier molecular flexibility index (Phi) is 4.73. The van der Waals surface area contributed by atoms with Crippen molar-refractivity contribution in [3.8, 4) is 0 Å². The van der Waals surface area contributed by atoms with Gasteiger partial charge in [-0.15, -0.1) is 10.2 Å². The number of benzene rings is 1. The molecule has 1 aliphatic rings. The summed E-state index contributed by atoms with van der Waals surface area (Å²) < 4.78 is 28.7. The quantitative estimate of drug-likeness (QED) is 0.881. The Balaban J connectivity index is 1.64. The number of anilines is 1. The SMILES string of the molecule is CCn1cnnc1CNC(=O)[C@@H]1CC(=O)N(c2ccc(F)cc2F)C1. The zero-order valence-electron chi connectivity index (χ0n) is 13.6. The molecule has 0 bridgehead atoms. The standard InChI is InChI=1S/C16H17F2N5O2/c1-2-22-9-20-21-14(22)7-19-16(25)10-5-15(24)23(8-10)13-4-3-11(17)6-12(13)18/h3-4,6,9-10H,2,5,7-8H2,1H3,(H,19,25)/t10-/m1/s1. The van der Waals surface area contributed by atoms with Crippen LogP contribution in [0.4, 0.5) is 14.5 Å². The molecule has 1 saturated heterocycles. The van der Waals surface area contributed by atoms with E-state index in [2.05, 4.69) is 15.5 Å². The molecule has 7 nitrogen and oxygen atoms in total. The van der Waals surface area contributed by atoms with Gasteiger partial charge >= 0.3 is 0 Å². The molecule has 0 spiro atoms. The number of hydrogen-bond donors (Lipinski definition) is 1. The van der Waals surface area contributed by atoms with E-state index in [1.54, 1.807) is 10.9 Å². The third-order valence-electron chi connectivity index (χ3n) is 4.15. The Morgan fingerprint density at radius 1 is 1.40 bits per heavy atom. The molecule has 1 fully saturated rings. The van der Waals surface area contributed by atoms with Crippen LogP contribution in [0.1, 0.15) is 19.2 Å². The van der Waals surface area contributed by atoms with Gasteiger partial charge in [0.2, 0.25) is 11.8 Å². The number of halogens is 2. The second-order valence-corrected chi connectivity index (χ2v) is 5.75. The summed E-state index contributed by atoms with van der Waals surface area (Å²) in [6.07, 6.45) is 1.54. The first-order valence-electron chi connectivity index (χ1n) is 7.89. The van der Waals surface area contributed by atoms with Crippen molar-refractivity contribution in [1.82, 2.24) is 20.1 Å². The van der Waals surface area contributed by atoms with E-state index < -0.39 is 17.6 Å². The summed E-state index contributed by atoms with van der Waals surface area (Å²) in [5.74, 6) is -2.23. The summed E-state index contributed by atoms with van der Waals surface area (Å²) in [7, 11) is 0. The van der Waals surface area contributed by atoms with Crippen LogP contribution in [-0.2, 0) is 22.7 Å². The molecule has 2 aromatic rings. The predicted molar refractivity (Wildman–Crippen MR) is 84.4 cm³/mol. The fourth-order valence-electron chi connectivity index (χ4n) is 2.81. The number of nitrogens with zero attached hydrogens (tertiary/aromatic N) is 4. The first kappa shape index (κ1) is 17.0. The van der Waals surface area contributed by atoms with E-state index in [-0.39, 0.29) is 37.0 Å². The van der Waals surface area contributed by atoms with Gasteiger partial charge in [-0.3, -0.25) is 9.59 Å². The van der Waals surface area contributed by atoms with Crippen LogP contribution in [0.15, 0.2) is 24.5 Å². The molecular formula is C16H17F2N5O2. The highest BCUT2D eigenvalue weighted by Gasteiger charge is 2.36. The molecule has 2 heterocycles. The van der Waals surface area contributed by atoms with Crippen LogP contribution >= 0.6 is 0 Å². The lowest BCUT2D eigenvalue weighted by Gasteiger charge is -2.17. The number of carbonyl (C=O) groups excluding carboxylic acids is 2. The maximum Gasteiger partial charge on any atom is 0.227 e. The molecule has 2 amide bonds. The summed E-state index contributed by atoms with van der Waals surface area (Å²) in [6, 6.07) is 3.00. The van der Waals surface area contributed by atoms with E-state index in [1.807, 2.05) is 6.92 Å². The van der Waals surface area contributed by atoms with Gasteiger partial charge in [0.1, 0.15) is 18.0 Å². The normalized spacial score (nSPS) is 17.2. The summed E-state index contributed by atoms with van der Waals surface area (Å²) in [6.45, 7) is 2.85. The smallest absolute Gasteiger partial charge is 0.227 e. The zero-order chi connectivity index (χ0) is 18.0. The van der Waals surface area contributed by atoms with Gasteiger partial charge in [-0.05, 0) is 19.1 Å². The lowest BCUT2D eigenvalue weighted by atomic mass is 10.1. The number of carbonyl (C=O) groups is 2. The molecule has 1 atom stereocenters. The summed E-state index contributed by atoms with van der Waals surface area (Å²) in [5, 5.41) is 10.4. The fourth-order valence-corrected chi connectivity index (χ4v) is 2.81. The van der Waals surface area contributed by atoms with Crippen molar-refractivity contribution >= 4 is 17.5 Å². The highest BCUT2D eigenvalue weighted by molar-refractivity contribution is 6.00. The summed E-state index contributed by atoms with van der Waals surface area (Å²) >= 11 is 0. The van der Waals surface area contributed by atoms with E-state index in [4.69, 9.17) is 0 Å². The number of aryl methyl sites for hydroxylation is 1. The average molecular weight is 349 g/mol. The third-order valence-corrected chi connectivity index (χ3v) is 4.15. The van der Waals surface area contributed by atoms with Gasteiger partial charge in [-0.2, -0.15) is 0 Å². The largest absolute Gasteiger partial charge is 0.348 e. The lowest BCUT2D eigenvalue weighted by molar-refractivity contribution is -0.126. The molecule has 1 aliphatic heterocycles. The van der Waals surface area contributed by atoms with E-state index >= 15 is 0 Å². The van der Waals surface area contributed by atoms with Crippen LogP contribution in [-0.4, -0.2) is 33.1 Å². The van der Waals surface area contributed by atoms with Gasteiger partial charge in [0.25, 0.3) is 0 Å². The number of hydrogen-bond acceptors (Lipinski definition) is 4. The van der Waals surface area contributed by atoms with E-state index in [1.165, 1.54) is 11.0 Å². The number of nitrogens with one attached hydrogen (secondary N) is 1. The van der Waals surface area contributed by atoms with Crippen molar-refractivity contribution < 1.29 is 18.4 Å². The minimum absolute atomic E-state index is 0.0209. The van der Waals surface area contributed by atoms with Crippen LogP contribution in [0.5, 0.6) is 0 Å². The molecule has 0 radical (unpaired) electrons. The van der Waals surface area contributed by atoms with Crippen molar-refractivity contribution in [1.29, 1.82) is 0 Å². The maximum atomic E-state index is 13.9. The van der Waals surface area contributed by atoms with E-state index in [9.17, 15) is 18.4 Å². The fraction of sp³-hybridized carbons (Fsp3) is 0.375. The predicted octanol–water partition coefficient (Wildman–Crippen LogP) is 1.25. The van der Waals surface area contributed by atoms with Crippen molar-refractivity contribution in [3.05, 3.63) is 42.0 Å². The first-order valence-corrected chi connectivity index (χ1v) is 7.89. The Morgan fingerprint density at radius 3 is 2.92 bits per heavy atom.